The monoisotopic (exact) mass is 298 g/mol. The van der Waals surface area contributed by atoms with Gasteiger partial charge in [-0.05, 0) is 32.4 Å². The number of alkyl halides is 1. The molecule has 0 heterocycles. The third-order valence-electron chi connectivity index (χ3n) is 2.38. The van der Waals surface area contributed by atoms with Crippen molar-refractivity contribution in [2.75, 3.05) is 6.61 Å². The average molecular weight is 299 g/mol. The van der Waals surface area contributed by atoms with Gasteiger partial charge in [0.2, 0.25) is 0 Å². The zero-order valence-electron chi connectivity index (χ0n) is 10.1. The number of ketones is 1. The molecule has 0 N–H and O–H groups in total. The maximum absolute atomic E-state index is 11.8. The van der Waals surface area contributed by atoms with E-state index in [1.54, 1.807) is 32.0 Å². The molecule has 92 valence electrons. The van der Waals surface area contributed by atoms with Gasteiger partial charge in [0, 0.05) is 5.56 Å². The average Bonchev–Trinajstić information content (AvgIpc) is 2.28. The first kappa shape index (κ1) is 13.9. The van der Waals surface area contributed by atoms with E-state index in [1.165, 1.54) is 0 Å². The summed E-state index contributed by atoms with van der Waals surface area (Å²) in [5.74, 6) is -0.433. The molecule has 0 aromatic heterocycles. The lowest BCUT2D eigenvalue weighted by Gasteiger charge is -2.08. The number of benzene rings is 1. The highest BCUT2D eigenvalue weighted by Crippen LogP contribution is 2.16. The third-order valence-corrected chi connectivity index (χ3v) is 2.79. The van der Waals surface area contributed by atoms with Crippen LogP contribution in [0.4, 0.5) is 0 Å². The molecule has 1 rings (SSSR count). The number of Topliss-reactive ketones (excluding diaryl/α,β-unsaturated/α-hetero) is 1. The standard InChI is InChI=1S/C13H15BrO3/c1-4-17-13(16)11-7-10(6-5-8(11)2)12(15)9(3)14/h5-7,9H,4H2,1-3H3. The smallest absolute Gasteiger partial charge is 0.338 e. The van der Waals surface area contributed by atoms with Crippen LogP contribution < -0.4 is 0 Å². The topological polar surface area (TPSA) is 43.4 Å². The van der Waals surface area contributed by atoms with Gasteiger partial charge < -0.3 is 4.74 Å². The van der Waals surface area contributed by atoms with Crippen molar-refractivity contribution in [1.29, 1.82) is 0 Å². The summed E-state index contributed by atoms with van der Waals surface area (Å²) in [6, 6.07) is 5.07. The molecule has 0 spiro atoms. The van der Waals surface area contributed by atoms with Crippen LogP contribution in [0.1, 0.15) is 40.1 Å². The molecular weight excluding hydrogens is 284 g/mol. The Bertz CT molecular complexity index is 438. The minimum atomic E-state index is -0.387. The van der Waals surface area contributed by atoms with E-state index in [4.69, 9.17) is 4.74 Å². The van der Waals surface area contributed by atoms with Crippen LogP contribution in [0.3, 0.4) is 0 Å². The third kappa shape index (κ3) is 3.40. The van der Waals surface area contributed by atoms with Gasteiger partial charge in [0.1, 0.15) is 0 Å². The summed E-state index contributed by atoms with van der Waals surface area (Å²) in [7, 11) is 0. The van der Waals surface area contributed by atoms with Crippen molar-refractivity contribution >= 4 is 27.7 Å². The predicted octanol–water partition coefficient (Wildman–Crippen LogP) is 3.14. The Morgan fingerprint density at radius 2 is 2.06 bits per heavy atom. The minimum absolute atomic E-state index is 0.0458. The summed E-state index contributed by atoms with van der Waals surface area (Å²) >= 11 is 3.22. The Morgan fingerprint density at radius 1 is 1.41 bits per heavy atom. The van der Waals surface area contributed by atoms with E-state index in [9.17, 15) is 9.59 Å². The van der Waals surface area contributed by atoms with E-state index in [-0.39, 0.29) is 16.6 Å². The van der Waals surface area contributed by atoms with Gasteiger partial charge in [-0.25, -0.2) is 4.79 Å². The van der Waals surface area contributed by atoms with Crippen molar-refractivity contribution in [3.63, 3.8) is 0 Å². The van der Waals surface area contributed by atoms with Crippen molar-refractivity contribution in [3.8, 4) is 0 Å². The highest BCUT2D eigenvalue weighted by Gasteiger charge is 2.16. The summed E-state index contributed by atoms with van der Waals surface area (Å²) in [5.41, 5.74) is 1.77. The van der Waals surface area contributed by atoms with Gasteiger partial charge in [-0.2, -0.15) is 0 Å². The molecule has 0 saturated carbocycles. The molecule has 1 aromatic rings. The number of hydrogen-bond donors (Lipinski definition) is 0. The fraction of sp³-hybridized carbons (Fsp3) is 0.385. The largest absolute Gasteiger partial charge is 0.462 e. The number of esters is 1. The molecular formula is C13H15BrO3. The van der Waals surface area contributed by atoms with Crippen molar-refractivity contribution in [2.45, 2.75) is 25.6 Å². The lowest BCUT2D eigenvalue weighted by Crippen LogP contribution is -2.13. The first-order chi connectivity index (χ1) is 7.97. The van der Waals surface area contributed by atoms with Crippen molar-refractivity contribution in [2.24, 2.45) is 0 Å². The lowest BCUT2D eigenvalue weighted by atomic mass is 10.0. The Labute approximate surface area is 109 Å². The second kappa shape index (κ2) is 5.96. The highest BCUT2D eigenvalue weighted by atomic mass is 79.9. The summed E-state index contributed by atoms with van der Waals surface area (Å²) in [4.78, 5) is 23.2. The quantitative estimate of drug-likeness (QED) is 0.487. The van der Waals surface area contributed by atoms with E-state index in [2.05, 4.69) is 15.9 Å². The summed E-state index contributed by atoms with van der Waals surface area (Å²) < 4.78 is 4.94. The van der Waals surface area contributed by atoms with E-state index in [1.807, 2.05) is 6.92 Å². The van der Waals surface area contributed by atoms with E-state index in [0.717, 1.165) is 5.56 Å². The maximum atomic E-state index is 11.8. The molecule has 0 bridgehead atoms. The van der Waals surface area contributed by atoms with Crippen LogP contribution in [-0.2, 0) is 4.74 Å². The Kier molecular flexibility index (Phi) is 4.87. The van der Waals surface area contributed by atoms with Crippen LogP contribution in [0.25, 0.3) is 0 Å². The first-order valence-electron chi connectivity index (χ1n) is 5.43. The predicted molar refractivity (Wildman–Crippen MR) is 69.9 cm³/mol. The molecule has 17 heavy (non-hydrogen) atoms. The van der Waals surface area contributed by atoms with E-state index >= 15 is 0 Å². The molecule has 0 radical (unpaired) electrons. The SMILES string of the molecule is CCOC(=O)c1cc(C(=O)C(C)Br)ccc1C. The van der Waals surface area contributed by atoms with Gasteiger partial charge in [-0.15, -0.1) is 0 Å². The Hall–Kier alpha value is -1.16. The minimum Gasteiger partial charge on any atom is -0.462 e. The van der Waals surface area contributed by atoms with Crippen LogP contribution in [0.2, 0.25) is 0 Å². The van der Waals surface area contributed by atoms with Crippen molar-refractivity contribution in [1.82, 2.24) is 0 Å². The molecule has 0 saturated heterocycles. The van der Waals surface area contributed by atoms with Crippen LogP contribution in [-0.4, -0.2) is 23.2 Å². The Morgan fingerprint density at radius 3 is 2.59 bits per heavy atom. The van der Waals surface area contributed by atoms with Crippen LogP contribution in [0.15, 0.2) is 18.2 Å². The lowest BCUT2D eigenvalue weighted by molar-refractivity contribution is 0.0525. The fourth-order valence-corrected chi connectivity index (χ4v) is 1.70. The van der Waals surface area contributed by atoms with Crippen molar-refractivity contribution < 1.29 is 14.3 Å². The van der Waals surface area contributed by atoms with Gasteiger partial charge in [-0.1, -0.05) is 28.1 Å². The number of ether oxygens (including phenoxy) is 1. The van der Waals surface area contributed by atoms with Gasteiger partial charge in [-0.3, -0.25) is 4.79 Å². The first-order valence-corrected chi connectivity index (χ1v) is 6.35. The molecule has 1 unspecified atom stereocenters. The molecule has 0 aliphatic heterocycles. The van der Waals surface area contributed by atoms with Crippen LogP contribution in [0, 0.1) is 6.92 Å². The molecule has 1 aromatic carbocycles. The van der Waals surface area contributed by atoms with Crippen LogP contribution >= 0.6 is 15.9 Å². The summed E-state index contributed by atoms with van der Waals surface area (Å²) in [6.07, 6.45) is 0. The normalized spacial score (nSPS) is 12.0. The van der Waals surface area contributed by atoms with Gasteiger partial charge in [0.05, 0.1) is 17.0 Å². The Balaban J connectivity index is 3.10. The zero-order chi connectivity index (χ0) is 13.0. The number of hydrogen-bond acceptors (Lipinski definition) is 3. The molecule has 0 aliphatic carbocycles. The molecule has 3 nitrogen and oxygen atoms in total. The summed E-state index contributed by atoms with van der Waals surface area (Å²) in [6.45, 7) is 5.65. The number of aryl methyl sites for hydroxylation is 1. The maximum Gasteiger partial charge on any atom is 0.338 e. The second-order valence-corrected chi connectivity index (χ2v) is 5.10. The highest BCUT2D eigenvalue weighted by molar-refractivity contribution is 9.10. The number of halogens is 1. The molecule has 0 aliphatic rings. The fourth-order valence-electron chi connectivity index (χ4n) is 1.43. The van der Waals surface area contributed by atoms with Gasteiger partial charge in [0.15, 0.2) is 5.78 Å². The number of rotatable bonds is 4. The number of carbonyl (C=O) groups excluding carboxylic acids is 2. The van der Waals surface area contributed by atoms with Crippen LogP contribution in [0.5, 0.6) is 0 Å². The van der Waals surface area contributed by atoms with Gasteiger partial charge in [0.25, 0.3) is 0 Å². The molecule has 0 fully saturated rings. The van der Waals surface area contributed by atoms with Crippen molar-refractivity contribution in [3.05, 3.63) is 34.9 Å². The summed E-state index contributed by atoms with van der Waals surface area (Å²) in [5, 5.41) is 0. The molecule has 1 atom stereocenters. The second-order valence-electron chi connectivity index (χ2n) is 3.73. The number of carbonyl (C=O) groups is 2. The van der Waals surface area contributed by atoms with E-state index in [0.29, 0.717) is 17.7 Å². The molecule has 0 amide bonds. The van der Waals surface area contributed by atoms with Gasteiger partial charge >= 0.3 is 5.97 Å². The zero-order valence-corrected chi connectivity index (χ0v) is 11.7. The molecule has 4 heteroatoms. The van der Waals surface area contributed by atoms with E-state index < -0.39 is 0 Å².